The number of nitrogens with zero attached hydrogens (tertiary/aromatic N) is 1. The monoisotopic (exact) mass is 339 g/mol. The van der Waals surface area contributed by atoms with E-state index in [2.05, 4.69) is 15.0 Å². The molecule has 0 unspecified atom stereocenters. The van der Waals surface area contributed by atoms with Crippen LogP contribution in [-0.4, -0.2) is 25.9 Å². The number of carbonyl (C=O) groups excluding carboxylic acids is 1. The van der Waals surface area contributed by atoms with Crippen molar-refractivity contribution in [2.24, 2.45) is 0 Å². The van der Waals surface area contributed by atoms with Crippen molar-refractivity contribution in [2.45, 2.75) is 24.7 Å². The number of carbonyl (C=O) groups is 1. The molecule has 1 aromatic carbocycles. The summed E-state index contributed by atoms with van der Waals surface area (Å²) < 4.78 is 26.8. The quantitative estimate of drug-likeness (QED) is 0.759. The molecule has 2 N–H and O–H groups in total. The normalized spacial score (nSPS) is 11.3. The van der Waals surface area contributed by atoms with Crippen LogP contribution >= 0.6 is 11.3 Å². The van der Waals surface area contributed by atoms with Gasteiger partial charge in [-0.2, -0.15) is 0 Å². The highest BCUT2D eigenvalue weighted by atomic mass is 32.2. The SMILES string of the molecule is CCCCNS(=O)(=O)c1cccc(C(=O)Nc2nccs2)c1. The highest BCUT2D eigenvalue weighted by molar-refractivity contribution is 7.89. The third kappa shape index (κ3) is 4.36. The molecule has 1 amide bonds. The van der Waals surface area contributed by atoms with Gasteiger partial charge in [-0.1, -0.05) is 19.4 Å². The third-order valence-corrected chi connectivity index (χ3v) is 5.03. The Balaban J connectivity index is 2.14. The molecule has 1 aromatic heterocycles. The number of hydrogen-bond acceptors (Lipinski definition) is 5. The molecule has 1 heterocycles. The van der Waals surface area contributed by atoms with Crippen LogP contribution in [0, 0.1) is 0 Å². The molecular weight excluding hydrogens is 322 g/mol. The van der Waals surface area contributed by atoms with Gasteiger partial charge in [-0.3, -0.25) is 10.1 Å². The van der Waals surface area contributed by atoms with Gasteiger partial charge in [-0.25, -0.2) is 18.1 Å². The molecule has 22 heavy (non-hydrogen) atoms. The standard InChI is InChI=1S/C14H17N3O3S2/c1-2-3-7-16-22(19,20)12-6-4-5-11(10-12)13(18)17-14-15-8-9-21-14/h4-6,8-10,16H,2-3,7H2,1H3,(H,15,17,18). The second kappa shape index (κ2) is 7.48. The summed E-state index contributed by atoms with van der Waals surface area (Å²) in [5, 5.41) is 4.84. The fraction of sp³-hybridized carbons (Fsp3) is 0.286. The molecule has 2 aromatic rings. The first-order valence-electron chi connectivity index (χ1n) is 6.83. The maximum Gasteiger partial charge on any atom is 0.257 e. The zero-order valence-corrected chi connectivity index (χ0v) is 13.7. The maximum absolute atomic E-state index is 12.1. The minimum atomic E-state index is -3.59. The van der Waals surface area contributed by atoms with E-state index in [1.54, 1.807) is 23.7 Å². The van der Waals surface area contributed by atoms with Crippen molar-refractivity contribution in [2.75, 3.05) is 11.9 Å². The predicted octanol–water partition coefficient (Wildman–Crippen LogP) is 2.47. The minimum Gasteiger partial charge on any atom is -0.298 e. The van der Waals surface area contributed by atoms with Gasteiger partial charge < -0.3 is 0 Å². The van der Waals surface area contributed by atoms with Crippen LogP contribution in [-0.2, 0) is 10.0 Å². The van der Waals surface area contributed by atoms with E-state index >= 15 is 0 Å². The van der Waals surface area contributed by atoms with Crippen LogP contribution in [0.4, 0.5) is 5.13 Å². The molecule has 0 fully saturated rings. The van der Waals surface area contributed by atoms with Crippen LogP contribution in [0.3, 0.4) is 0 Å². The molecule has 0 atom stereocenters. The first-order valence-corrected chi connectivity index (χ1v) is 9.20. The van der Waals surface area contributed by atoms with Crippen LogP contribution in [0.15, 0.2) is 40.7 Å². The van der Waals surface area contributed by atoms with E-state index in [9.17, 15) is 13.2 Å². The van der Waals surface area contributed by atoms with Gasteiger partial charge in [0.25, 0.3) is 5.91 Å². The van der Waals surface area contributed by atoms with Crippen LogP contribution < -0.4 is 10.0 Å². The number of hydrogen-bond donors (Lipinski definition) is 2. The van der Waals surface area contributed by atoms with Crippen molar-refractivity contribution in [1.29, 1.82) is 0 Å². The number of thiazole rings is 1. The van der Waals surface area contributed by atoms with Gasteiger partial charge in [0.15, 0.2) is 5.13 Å². The molecule has 0 spiro atoms. The largest absolute Gasteiger partial charge is 0.298 e. The van der Waals surface area contributed by atoms with Crippen molar-refractivity contribution in [1.82, 2.24) is 9.71 Å². The van der Waals surface area contributed by atoms with Gasteiger partial charge in [0, 0.05) is 23.7 Å². The Kier molecular flexibility index (Phi) is 5.64. The predicted molar refractivity (Wildman–Crippen MR) is 86.6 cm³/mol. The number of sulfonamides is 1. The van der Waals surface area contributed by atoms with E-state index in [1.165, 1.54) is 23.5 Å². The molecule has 0 saturated carbocycles. The Morgan fingerprint density at radius 2 is 2.18 bits per heavy atom. The van der Waals surface area contributed by atoms with Crippen molar-refractivity contribution in [3.8, 4) is 0 Å². The number of anilines is 1. The lowest BCUT2D eigenvalue weighted by Crippen LogP contribution is -2.25. The van der Waals surface area contributed by atoms with Gasteiger partial charge in [0.1, 0.15) is 0 Å². The third-order valence-electron chi connectivity index (χ3n) is 2.88. The molecule has 118 valence electrons. The van der Waals surface area contributed by atoms with Gasteiger partial charge in [-0.15, -0.1) is 11.3 Å². The Morgan fingerprint density at radius 1 is 1.36 bits per heavy atom. The van der Waals surface area contributed by atoms with Crippen molar-refractivity contribution < 1.29 is 13.2 Å². The molecule has 0 aliphatic heterocycles. The summed E-state index contributed by atoms with van der Waals surface area (Å²) in [5.74, 6) is -0.388. The molecular formula is C14H17N3O3S2. The summed E-state index contributed by atoms with van der Waals surface area (Å²) in [6, 6.07) is 5.94. The number of aromatic nitrogens is 1. The smallest absolute Gasteiger partial charge is 0.257 e. The fourth-order valence-electron chi connectivity index (χ4n) is 1.73. The molecule has 0 bridgehead atoms. The lowest BCUT2D eigenvalue weighted by atomic mass is 10.2. The van der Waals surface area contributed by atoms with Crippen LogP contribution in [0.1, 0.15) is 30.1 Å². The van der Waals surface area contributed by atoms with E-state index in [4.69, 9.17) is 0 Å². The first-order chi connectivity index (χ1) is 10.5. The highest BCUT2D eigenvalue weighted by Crippen LogP contribution is 2.15. The van der Waals surface area contributed by atoms with Gasteiger partial charge in [0.05, 0.1) is 4.90 Å². The Bertz CT molecular complexity index is 728. The summed E-state index contributed by atoms with van der Waals surface area (Å²) in [7, 11) is -3.59. The average molecular weight is 339 g/mol. The summed E-state index contributed by atoms with van der Waals surface area (Å²) in [4.78, 5) is 16.1. The summed E-state index contributed by atoms with van der Waals surface area (Å²) >= 11 is 1.30. The number of rotatable bonds is 7. The topological polar surface area (TPSA) is 88.2 Å². The maximum atomic E-state index is 12.1. The number of unbranched alkanes of at least 4 members (excludes halogenated alkanes) is 1. The Labute approximate surface area is 133 Å². The van der Waals surface area contributed by atoms with Crippen LogP contribution in [0.2, 0.25) is 0 Å². The summed E-state index contributed by atoms with van der Waals surface area (Å²) in [6.07, 6.45) is 3.25. The molecule has 2 rings (SSSR count). The van der Waals surface area contributed by atoms with Gasteiger partial charge >= 0.3 is 0 Å². The zero-order chi connectivity index (χ0) is 16.0. The van der Waals surface area contributed by atoms with E-state index in [0.29, 0.717) is 11.7 Å². The van der Waals surface area contributed by atoms with Gasteiger partial charge in [0.2, 0.25) is 10.0 Å². The zero-order valence-electron chi connectivity index (χ0n) is 12.1. The van der Waals surface area contributed by atoms with Crippen LogP contribution in [0.5, 0.6) is 0 Å². The highest BCUT2D eigenvalue weighted by Gasteiger charge is 2.16. The molecule has 0 radical (unpaired) electrons. The number of benzene rings is 1. The lowest BCUT2D eigenvalue weighted by Gasteiger charge is -2.08. The number of amides is 1. The molecule has 0 aliphatic rings. The Hall–Kier alpha value is -1.77. The minimum absolute atomic E-state index is 0.0791. The number of nitrogens with one attached hydrogen (secondary N) is 2. The summed E-state index contributed by atoms with van der Waals surface area (Å²) in [6.45, 7) is 2.37. The average Bonchev–Trinajstić information content (AvgIpc) is 3.00. The van der Waals surface area contributed by atoms with E-state index in [1.807, 2.05) is 6.92 Å². The van der Waals surface area contributed by atoms with E-state index < -0.39 is 10.0 Å². The van der Waals surface area contributed by atoms with Crippen molar-refractivity contribution in [3.63, 3.8) is 0 Å². The second-order valence-corrected chi connectivity index (χ2v) is 7.23. The Morgan fingerprint density at radius 3 is 2.86 bits per heavy atom. The van der Waals surface area contributed by atoms with Crippen molar-refractivity contribution in [3.05, 3.63) is 41.4 Å². The molecule has 6 nitrogen and oxygen atoms in total. The van der Waals surface area contributed by atoms with E-state index in [-0.39, 0.29) is 16.4 Å². The molecule has 0 saturated heterocycles. The van der Waals surface area contributed by atoms with Crippen LogP contribution in [0.25, 0.3) is 0 Å². The summed E-state index contributed by atoms with van der Waals surface area (Å²) in [5.41, 5.74) is 0.272. The second-order valence-electron chi connectivity index (χ2n) is 4.57. The van der Waals surface area contributed by atoms with E-state index in [0.717, 1.165) is 12.8 Å². The fourth-order valence-corrected chi connectivity index (χ4v) is 3.37. The molecule has 8 heteroatoms. The lowest BCUT2D eigenvalue weighted by molar-refractivity contribution is 0.102. The molecule has 0 aliphatic carbocycles. The van der Waals surface area contributed by atoms with Gasteiger partial charge in [-0.05, 0) is 24.6 Å². The van der Waals surface area contributed by atoms with Crippen molar-refractivity contribution >= 4 is 32.4 Å². The first kappa shape index (κ1) is 16.6.